The van der Waals surface area contributed by atoms with E-state index in [1.807, 2.05) is 32.9 Å². The number of hydrogen-bond acceptors (Lipinski definition) is 18. The fourth-order valence-electron chi connectivity index (χ4n) is 9.52. The molecule has 0 spiro atoms. The lowest BCUT2D eigenvalue weighted by molar-refractivity contribution is -0.308. The van der Waals surface area contributed by atoms with Crippen molar-refractivity contribution in [1.29, 1.82) is 0 Å². The quantitative estimate of drug-likeness (QED) is 0.0802. The van der Waals surface area contributed by atoms with Crippen molar-refractivity contribution in [2.45, 2.75) is 209 Å². The molecular weight excluding hydrogens is 987 g/mol. The van der Waals surface area contributed by atoms with E-state index < -0.39 is 135 Å². The van der Waals surface area contributed by atoms with Gasteiger partial charge in [-0.2, -0.15) is 0 Å². The summed E-state index contributed by atoms with van der Waals surface area (Å²) in [6.07, 6.45) is 12.8. The summed E-state index contributed by atoms with van der Waals surface area (Å²) in [4.78, 5) is 38.1. The zero-order valence-corrected chi connectivity index (χ0v) is 44.3. The Morgan fingerprint density at radius 3 is 1.92 bits per heavy atom. The van der Waals surface area contributed by atoms with Crippen LogP contribution in [0, 0.1) is 17.8 Å². The van der Waals surface area contributed by atoms with E-state index in [1.54, 1.807) is 85.1 Å². The number of nitrogens with two attached hydrogens (primary N) is 1. The molecule has 19 heteroatoms. The van der Waals surface area contributed by atoms with Gasteiger partial charge in [-0.15, -0.1) is 0 Å². The highest BCUT2D eigenvalue weighted by molar-refractivity contribution is 5.90. The second-order valence-corrected chi connectivity index (χ2v) is 20.5. The fourth-order valence-corrected chi connectivity index (χ4v) is 9.52. The number of rotatable bonds is 11. The van der Waals surface area contributed by atoms with E-state index in [1.165, 1.54) is 19.1 Å². The highest BCUT2D eigenvalue weighted by atomic mass is 16.7. The first-order valence-corrected chi connectivity index (χ1v) is 26.5. The number of ketones is 1. The second-order valence-electron chi connectivity index (χ2n) is 20.5. The van der Waals surface area contributed by atoms with Gasteiger partial charge in [-0.05, 0) is 77.2 Å². The van der Waals surface area contributed by atoms with Crippen molar-refractivity contribution in [2.75, 3.05) is 0 Å². The SMILES string of the molecule is C/C=C/C=C/C(=O)CC(O)CCC(C)C1OC(=O)CC(O)CC(O)CCCC(O)CC(O)CC(O)CC2(O)CC(O)C(C(=O)O)C(CC(OC3O[C@H](C)[C@@H](O)[C@H](N)[C@@H]3O)/C=C/C=C/C=C/C=C\C=C/C=C/C=C/C1C)O2. The molecule has 3 heterocycles. The molecule has 0 aromatic carbocycles. The first kappa shape index (κ1) is 66.0. The molecule has 0 aliphatic carbocycles. The van der Waals surface area contributed by atoms with Crippen LogP contribution in [0.3, 0.4) is 0 Å². The highest BCUT2D eigenvalue weighted by Crippen LogP contribution is 2.38. The molecule has 19 nitrogen and oxygen atoms in total. The summed E-state index contributed by atoms with van der Waals surface area (Å²) in [5, 5.41) is 119. The van der Waals surface area contributed by atoms with Crippen LogP contribution < -0.4 is 5.73 Å². The van der Waals surface area contributed by atoms with Gasteiger partial charge in [0.15, 0.2) is 17.9 Å². The number of aliphatic hydroxyl groups is 10. The van der Waals surface area contributed by atoms with E-state index in [4.69, 9.17) is 24.7 Å². The predicted octanol–water partition coefficient (Wildman–Crippen LogP) is 3.34. The lowest BCUT2D eigenvalue weighted by atomic mass is 9.82. The van der Waals surface area contributed by atoms with Gasteiger partial charge in [0.1, 0.15) is 18.1 Å². The van der Waals surface area contributed by atoms with Crippen LogP contribution in [-0.4, -0.2) is 171 Å². The Balaban J connectivity index is 1.85. The summed E-state index contributed by atoms with van der Waals surface area (Å²) in [6.45, 7) is 7.13. The van der Waals surface area contributed by atoms with Gasteiger partial charge in [0.2, 0.25) is 0 Å². The topological polar surface area (TPSA) is 337 Å². The van der Waals surface area contributed by atoms with Crippen LogP contribution in [0.15, 0.2) is 109 Å². The first-order valence-electron chi connectivity index (χ1n) is 26.5. The van der Waals surface area contributed by atoms with Gasteiger partial charge in [-0.25, -0.2) is 0 Å². The fraction of sp³-hybridized carbons (Fsp3) is 0.632. The Hall–Kier alpha value is -4.29. The Labute approximate surface area is 447 Å². The summed E-state index contributed by atoms with van der Waals surface area (Å²) in [7, 11) is 0. The molecule has 3 aliphatic heterocycles. The van der Waals surface area contributed by atoms with E-state index in [-0.39, 0.29) is 75.4 Å². The molecule has 428 valence electrons. The third-order valence-electron chi connectivity index (χ3n) is 13.6. The number of cyclic esters (lactones) is 1. The van der Waals surface area contributed by atoms with Crippen molar-refractivity contribution in [2.24, 2.45) is 23.5 Å². The summed E-state index contributed by atoms with van der Waals surface area (Å²) in [6, 6.07) is -1.15. The van der Waals surface area contributed by atoms with E-state index in [0.717, 1.165) is 0 Å². The summed E-state index contributed by atoms with van der Waals surface area (Å²) in [5.41, 5.74) is 6.05. The molecule has 15 unspecified atom stereocenters. The molecule has 19 atom stereocenters. The van der Waals surface area contributed by atoms with Gasteiger partial charge in [0, 0.05) is 31.6 Å². The lowest BCUT2D eigenvalue weighted by Crippen LogP contribution is -2.61. The largest absolute Gasteiger partial charge is 0.481 e. The zero-order valence-electron chi connectivity index (χ0n) is 44.3. The molecule has 0 aromatic rings. The van der Waals surface area contributed by atoms with Gasteiger partial charge < -0.3 is 80.9 Å². The van der Waals surface area contributed by atoms with Crippen LogP contribution in [-0.2, 0) is 33.3 Å². The van der Waals surface area contributed by atoms with Gasteiger partial charge >= 0.3 is 11.9 Å². The van der Waals surface area contributed by atoms with Crippen LogP contribution in [0.25, 0.3) is 0 Å². The monoisotopic (exact) mass is 1070 g/mol. The van der Waals surface area contributed by atoms with Crippen LogP contribution in [0.1, 0.15) is 111 Å². The third-order valence-corrected chi connectivity index (χ3v) is 13.6. The number of carboxylic acids is 1. The molecule has 2 saturated heterocycles. The van der Waals surface area contributed by atoms with Crippen molar-refractivity contribution < 1.29 is 89.5 Å². The van der Waals surface area contributed by atoms with Gasteiger partial charge in [-0.1, -0.05) is 117 Å². The number of ether oxygens (including phenoxy) is 4. The number of fused-ring (bicyclic) bond motifs is 2. The maximum atomic E-state index is 13.3. The molecule has 0 radical (unpaired) electrons. The maximum absolute atomic E-state index is 13.3. The highest BCUT2D eigenvalue weighted by Gasteiger charge is 2.51. The van der Waals surface area contributed by atoms with Crippen molar-refractivity contribution in [3.8, 4) is 0 Å². The van der Waals surface area contributed by atoms with E-state index in [0.29, 0.717) is 6.42 Å². The summed E-state index contributed by atoms with van der Waals surface area (Å²) >= 11 is 0. The molecule has 76 heavy (non-hydrogen) atoms. The molecule has 2 bridgehead atoms. The number of aliphatic carboxylic acids is 1. The van der Waals surface area contributed by atoms with Crippen LogP contribution in [0.2, 0.25) is 0 Å². The first-order chi connectivity index (χ1) is 36.0. The second kappa shape index (κ2) is 34.6. The van der Waals surface area contributed by atoms with Gasteiger partial charge in [0.05, 0.1) is 79.6 Å². The average molecular weight is 1070 g/mol. The molecule has 0 amide bonds. The van der Waals surface area contributed by atoms with E-state index in [2.05, 4.69) is 0 Å². The number of carbonyl (C=O) groups excluding carboxylic acids is 2. The van der Waals surface area contributed by atoms with Gasteiger partial charge in [0.25, 0.3) is 0 Å². The van der Waals surface area contributed by atoms with Crippen LogP contribution in [0.5, 0.6) is 0 Å². The number of allylic oxidation sites excluding steroid dienone is 16. The summed E-state index contributed by atoms with van der Waals surface area (Å²) in [5.74, 6) is -6.75. The van der Waals surface area contributed by atoms with E-state index >= 15 is 0 Å². The maximum Gasteiger partial charge on any atom is 0.311 e. The molecule has 3 rings (SSSR count). The number of carbonyl (C=O) groups is 3. The van der Waals surface area contributed by atoms with Crippen LogP contribution >= 0.6 is 0 Å². The Kier molecular flexibility index (Phi) is 30.0. The lowest BCUT2D eigenvalue weighted by Gasteiger charge is -2.45. The Morgan fingerprint density at radius 1 is 0.763 bits per heavy atom. The molecule has 0 aromatic heterocycles. The number of hydrogen-bond donors (Lipinski definition) is 12. The van der Waals surface area contributed by atoms with Crippen molar-refractivity contribution >= 4 is 17.7 Å². The van der Waals surface area contributed by atoms with E-state index in [9.17, 15) is 70.6 Å². The summed E-state index contributed by atoms with van der Waals surface area (Å²) < 4.78 is 23.7. The van der Waals surface area contributed by atoms with Crippen LogP contribution in [0.4, 0.5) is 0 Å². The molecular formula is C57H87NO18. The zero-order chi connectivity index (χ0) is 56.4. The molecule has 13 N–H and O–H groups in total. The number of carboxylic acid groups (broad SMARTS) is 1. The smallest absolute Gasteiger partial charge is 0.311 e. The van der Waals surface area contributed by atoms with Crippen molar-refractivity contribution in [3.05, 3.63) is 109 Å². The number of aliphatic hydroxyl groups excluding tert-OH is 9. The third kappa shape index (κ3) is 24.6. The standard InChI is InChI=1S/C57H87NO18/c1-5-6-17-22-39(59)28-42(62)27-26-37(3)54-36(2)21-18-15-13-11-9-7-8-10-12-14-16-19-25-46(74-56-53(69)51(58)52(68)38(4)73-56)33-48-50(55(70)71)47(66)35-57(72,76-48)34-45(65)31-43(63)29-40(60)23-20-24-41(61)30-44(64)32-49(67)75-54/h5-19,21-22,25,36-38,40-48,50-54,56,60-66,68-69,72H,20,23-24,26-35,58H2,1-4H3,(H,70,71)/b6-5+,8-7-,11-9-,12-10+,15-13+,16-14+,21-18+,22-17+,25-19+/t36?,37?,38-,40?,41?,42?,43?,44?,45?,46?,47?,48?,50?,51+,52-,53+,54?,56?,57?/m1/s1. The average Bonchev–Trinajstić information content (AvgIpc) is 3.32. The van der Waals surface area contributed by atoms with Gasteiger partial charge in [-0.3, -0.25) is 14.4 Å². The number of esters is 1. The van der Waals surface area contributed by atoms with Crippen molar-refractivity contribution in [3.63, 3.8) is 0 Å². The molecule has 3 aliphatic rings. The normalized spacial score (nSPS) is 39.7. The minimum absolute atomic E-state index is 0.0553. The molecule has 2 fully saturated rings. The van der Waals surface area contributed by atoms with Crippen molar-refractivity contribution in [1.82, 2.24) is 0 Å². The Morgan fingerprint density at radius 2 is 1.33 bits per heavy atom. The minimum Gasteiger partial charge on any atom is -0.481 e. The molecule has 0 saturated carbocycles. The predicted molar refractivity (Wildman–Crippen MR) is 283 cm³/mol. The Bertz CT molecular complexity index is 2020. The minimum atomic E-state index is -2.28.